The molecule has 2 nitrogen and oxygen atoms in total. The van der Waals surface area contributed by atoms with Crippen molar-refractivity contribution in [3.63, 3.8) is 0 Å². The van der Waals surface area contributed by atoms with Crippen LogP contribution in [0, 0.1) is 12.8 Å². The summed E-state index contributed by atoms with van der Waals surface area (Å²) in [4.78, 5) is 12.8. The lowest BCUT2D eigenvalue weighted by atomic mass is 9.97. The molecule has 2 aromatic rings. The fraction of sp³-hybridized carbons (Fsp3) is 0.318. The number of aryl methyl sites for hydroxylation is 1. The molecule has 0 spiro atoms. The second-order valence-electron chi connectivity index (χ2n) is 6.28. The minimum atomic E-state index is -1.26. The van der Waals surface area contributed by atoms with Crippen molar-refractivity contribution in [3.05, 3.63) is 70.6 Å². The van der Waals surface area contributed by atoms with Crippen LogP contribution in [0.2, 0.25) is 0 Å². The van der Waals surface area contributed by atoms with Crippen LogP contribution in [0.5, 0.6) is 0 Å². The van der Waals surface area contributed by atoms with Crippen molar-refractivity contribution in [1.82, 2.24) is 0 Å². The normalized spacial score (nSPS) is 14.1. The van der Waals surface area contributed by atoms with E-state index in [-0.39, 0.29) is 5.92 Å². The van der Waals surface area contributed by atoms with Gasteiger partial charge in [0.25, 0.3) is 0 Å². The first-order chi connectivity index (χ1) is 12.2. The lowest BCUT2D eigenvalue weighted by molar-refractivity contribution is -0.108. The summed E-state index contributed by atoms with van der Waals surface area (Å²) in [6.07, 6.45) is 6.33. The van der Waals surface area contributed by atoms with Gasteiger partial charge in [0.2, 0.25) is 0 Å². The van der Waals surface area contributed by atoms with Crippen LogP contribution in [-0.4, -0.2) is 10.5 Å². The summed E-state index contributed by atoms with van der Waals surface area (Å²) in [5.41, 5.74) is 2.16. The highest BCUT2D eigenvalue weighted by atomic mass is 32.2. The van der Waals surface area contributed by atoms with Gasteiger partial charge in [-0.3, -0.25) is 0 Å². The predicted octanol–water partition coefficient (Wildman–Crippen LogP) is 5.54. The molecule has 3 heteroatoms. The fourth-order valence-electron chi connectivity index (χ4n) is 2.78. The Hall–Kier alpha value is -2.00. The summed E-state index contributed by atoms with van der Waals surface area (Å²) >= 11 is 0. The van der Waals surface area contributed by atoms with Crippen molar-refractivity contribution >= 4 is 23.2 Å². The van der Waals surface area contributed by atoms with Crippen LogP contribution in [0.15, 0.2) is 64.4 Å². The van der Waals surface area contributed by atoms with Gasteiger partial charge in [0.15, 0.2) is 0 Å². The van der Waals surface area contributed by atoms with Crippen LogP contribution in [-0.2, 0) is 15.6 Å². The van der Waals surface area contributed by atoms with E-state index in [2.05, 4.69) is 6.92 Å². The zero-order valence-electron chi connectivity index (χ0n) is 15.0. The van der Waals surface area contributed by atoms with Gasteiger partial charge in [-0.15, -0.1) is 0 Å². The molecule has 0 aliphatic carbocycles. The fourth-order valence-corrected chi connectivity index (χ4v) is 4.19. The third kappa shape index (κ3) is 5.79. The van der Waals surface area contributed by atoms with Crippen molar-refractivity contribution in [2.75, 3.05) is 0 Å². The van der Waals surface area contributed by atoms with E-state index in [4.69, 9.17) is 0 Å². The smallest absolute Gasteiger partial charge is 0.120 e. The van der Waals surface area contributed by atoms with Crippen LogP contribution in [0.3, 0.4) is 0 Å². The number of unbranched alkanes of at least 4 members (excludes halogenated alkanes) is 1. The summed E-state index contributed by atoms with van der Waals surface area (Å²) in [5, 5.41) is 0. The average molecular weight is 355 g/mol. The molecule has 25 heavy (non-hydrogen) atoms. The highest BCUT2D eigenvalue weighted by Crippen LogP contribution is 2.30. The van der Waals surface area contributed by atoms with Crippen LogP contribution in [0.1, 0.15) is 43.7 Å². The minimum absolute atomic E-state index is 0.0137. The highest BCUT2D eigenvalue weighted by Gasteiger charge is 2.21. The van der Waals surface area contributed by atoms with E-state index in [1.54, 1.807) is 0 Å². The molecule has 0 heterocycles. The predicted molar refractivity (Wildman–Crippen MR) is 106 cm³/mol. The minimum Gasteiger partial charge on any atom is -0.303 e. The van der Waals surface area contributed by atoms with E-state index in [0.717, 1.165) is 46.5 Å². The second kappa shape index (κ2) is 10.1. The zero-order chi connectivity index (χ0) is 18.1. The van der Waals surface area contributed by atoms with Gasteiger partial charge in [-0.1, -0.05) is 67.8 Å². The van der Waals surface area contributed by atoms with Crippen molar-refractivity contribution in [1.29, 1.82) is 0 Å². The maximum atomic E-state index is 13.3. The molecule has 0 saturated heterocycles. The molecular formula is C22H26O2S. The topological polar surface area (TPSA) is 34.1 Å². The summed E-state index contributed by atoms with van der Waals surface area (Å²) in [6.45, 7) is 4.15. The Balaban J connectivity index is 2.42. The first-order valence-corrected chi connectivity index (χ1v) is 9.99. The first kappa shape index (κ1) is 19.3. The Morgan fingerprint density at radius 3 is 2.36 bits per heavy atom. The van der Waals surface area contributed by atoms with E-state index in [0.29, 0.717) is 6.42 Å². The number of carbonyl (C=O) groups is 1. The Morgan fingerprint density at radius 2 is 1.76 bits per heavy atom. The number of carbonyl (C=O) groups excluding carboxylic acids is 1. The molecule has 2 atom stereocenters. The molecule has 132 valence electrons. The van der Waals surface area contributed by atoms with Crippen LogP contribution in [0.4, 0.5) is 0 Å². The molecule has 0 aromatic heterocycles. The van der Waals surface area contributed by atoms with Gasteiger partial charge >= 0.3 is 0 Å². The van der Waals surface area contributed by atoms with Gasteiger partial charge in [-0.25, -0.2) is 4.21 Å². The van der Waals surface area contributed by atoms with E-state index < -0.39 is 10.8 Å². The maximum Gasteiger partial charge on any atom is 0.120 e. The molecule has 0 radical (unpaired) electrons. The quantitative estimate of drug-likeness (QED) is 0.554. The van der Waals surface area contributed by atoms with Gasteiger partial charge in [-0.05, 0) is 43.0 Å². The molecule has 2 aromatic carbocycles. The van der Waals surface area contributed by atoms with Crippen LogP contribution < -0.4 is 0 Å². The van der Waals surface area contributed by atoms with E-state index in [1.165, 1.54) is 0 Å². The molecule has 0 aliphatic heterocycles. The Bertz CT molecular complexity index is 717. The average Bonchev–Trinajstić information content (AvgIpc) is 2.64. The maximum absolute atomic E-state index is 13.3. The summed E-state index contributed by atoms with van der Waals surface area (Å²) in [7, 11) is -1.26. The number of aldehydes is 1. The molecule has 0 unspecified atom stereocenters. The van der Waals surface area contributed by atoms with Crippen molar-refractivity contribution < 1.29 is 9.00 Å². The van der Waals surface area contributed by atoms with Crippen molar-refractivity contribution in [3.8, 4) is 0 Å². The molecule has 0 bridgehead atoms. The monoisotopic (exact) mass is 354 g/mol. The molecular weight excluding hydrogens is 328 g/mol. The largest absolute Gasteiger partial charge is 0.303 e. The van der Waals surface area contributed by atoms with E-state index in [1.807, 2.05) is 67.6 Å². The Kier molecular flexibility index (Phi) is 7.80. The van der Waals surface area contributed by atoms with Crippen molar-refractivity contribution in [2.45, 2.75) is 44.4 Å². The number of hydrogen-bond acceptors (Lipinski definition) is 2. The second-order valence-corrected chi connectivity index (χ2v) is 7.76. The number of rotatable bonds is 9. The summed E-state index contributed by atoms with van der Waals surface area (Å²) < 4.78 is 13.3. The van der Waals surface area contributed by atoms with Gasteiger partial charge in [0.05, 0.1) is 10.8 Å². The van der Waals surface area contributed by atoms with Gasteiger partial charge < -0.3 is 4.79 Å². The molecule has 0 saturated carbocycles. The highest BCUT2D eigenvalue weighted by molar-refractivity contribution is 7.89. The molecule has 0 fully saturated rings. The van der Waals surface area contributed by atoms with Crippen LogP contribution >= 0.6 is 0 Å². The lowest BCUT2D eigenvalue weighted by Crippen LogP contribution is -2.11. The summed E-state index contributed by atoms with van der Waals surface area (Å²) in [5.74, 6) is 0.0137. The van der Waals surface area contributed by atoms with Crippen molar-refractivity contribution in [2.24, 2.45) is 5.92 Å². The molecule has 0 amide bonds. The van der Waals surface area contributed by atoms with Crippen LogP contribution in [0.25, 0.3) is 6.08 Å². The van der Waals surface area contributed by atoms with Gasteiger partial charge in [0.1, 0.15) is 6.29 Å². The number of allylic oxidation sites excluding steroid dienone is 1. The SMILES string of the molecule is CCCC[C@H](CC=O)/C(=C/c1ccccc1)[S@@](=O)c1ccc(C)cc1. The zero-order valence-corrected chi connectivity index (χ0v) is 15.8. The molecule has 0 N–H and O–H groups in total. The Morgan fingerprint density at radius 1 is 1.08 bits per heavy atom. The first-order valence-electron chi connectivity index (χ1n) is 8.84. The van der Waals surface area contributed by atoms with Gasteiger partial charge in [0, 0.05) is 16.2 Å². The van der Waals surface area contributed by atoms with E-state index >= 15 is 0 Å². The number of hydrogen-bond donors (Lipinski definition) is 0. The molecule has 2 rings (SSSR count). The van der Waals surface area contributed by atoms with E-state index in [9.17, 15) is 9.00 Å². The number of benzene rings is 2. The molecule has 0 aliphatic rings. The van der Waals surface area contributed by atoms with Gasteiger partial charge in [-0.2, -0.15) is 0 Å². The standard InChI is InChI=1S/C22H26O2S/c1-3-4-10-20(15-16-23)22(17-19-8-6-5-7-9-19)25(24)21-13-11-18(2)12-14-21/h5-9,11-14,16-17,20H,3-4,10,15H2,1-2H3/b22-17-/t20-,25+/m1/s1. The summed E-state index contributed by atoms with van der Waals surface area (Å²) in [6, 6.07) is 17.7. The Labute approximate surface area is 153 Å². The lowest BCUT2D eigenvalue weighted by Gasteiger charge is -2.18. The third-order valence-corrected chi connectivity index (χ3v) is 5.83. The third-order valence-electron chi connectivity index (χ3n) is 4.25.